The lowest BCUT2D eigenvalue weighted by Crippen LogP contribution is -2.17. The summed E-state index contributed by atoms with van der Waals surface area (Å²) in [5.41, 5.74) is 7.39. The number of hydrogen-bond donors (Lipinski definition) is 0. The second-order valence-electron chi connectivity index (χ2n) is 9.26. The van der Waals surface area contributed by atoms with Gasteiger partial charge in [-0.1, -0.05) is 46.8 Å². The number of benzene rings is 2. The number of aromatic nitrogens is 3. The largest absolute Gasteiger partial charge is 0.440 e. The summed E-state index contributed by atoms with van der Waals surface area (Å²) >= 11 is 0. The molecule has 162 valence electrons. The Kier molecular flexibility index (Phi) is 4.85. The van der Waals surface area contributed by atoms with E-state index in [-0.39, 0.29) is 11.3 Å². The van der Waals surface area contributed by atoms with E-state index < -0.39 is 0 Å². The molecule has 3 aromatic heterocycles. The van der Waals surface area contributed by atoms with Gasteiger partial charge in [0.2, 0.25) is 5.89 Å². The minimum Gasteiger partial charge on any atom is -0.440 e. The van der Waals surface area contributed by atoms with Gasteiger partial charge in [0.1, 0.15) is 11.0 Å². The van der Waals surface area contributed by atoms with E-state index in [1.807, 2.05) is 30.5 Å². The third kappa shape index (κ3) is 3.58. The van der Waals surface area contributed by atoms with Gasteiger partial charge in [0.25, 0.3) is 0 Å². The molecule has 0 bridgehead atoms. The minimum atomic E-state index is 0.0512. The Balaban J connectivity index is 1.48. The first-order valence-corrected chi connectivity index (χ1v) is 11.1. The molecule has 5 rings (SSSR count). The van der Waals surface area contributed by atoms with Gasteiger partial charge in [-0.05, 0) is 53.9 Å². The average Bonchev–Trinajstić information content (AvgIpc) is 3.42. The van der Waals surface area contributed by atoms with Crippen molar-refractivity contribution >= 4 is 22.2 Å². The monoisotopic (exact) mass is 425 g/mol. The lowest BCUT2D eigenvalue weighted by Gasteiger charge is -2.21. The Morgan fingerprint density at radius 2 is 1.44 bits per heavy atom. The van der Waals surface area contributed by atoms with Gasteiger partial charge in [-0.15, -0.1) is 0 Å². The molecule has 0 unspecified atom stereocenters. The summed E-state index contributed by atoms with van der Waals surface area (Å²) in [4.78, 5) is 14.0. The number of hydrogen-bond acceptors (Lipinski definition) is 5. The molecular weight excluding hydrogens is 398 g/mol. The van der Waals surface area contributed by atoms with Crippen LogP contribution in [0, 0.1) is 0 Å². The summed E-state index contributed by atoms with van der Waals surface area (Å²) in [6.07, 6.45) is 2.88. The molecule has 0 N–H and O–H groups in total. The summed E-state index contributed by atoms with van der Waals surface area (Å²) < 4.78 is 11.9. The molecular formula is C27H27N3O2. The fourth-order valence-corrected chi connectivity index (χ4v) is 3.70. The van der Waals surface area contributed by atoms with Gasteiger partial charge in [-0.3, -0.25) is 4.98 Å². The van der Waals surface area contributed by atoms with Crippen molar-refractivity contribution in [1.82, 2.24) is 15.0 Å². The smallest absolute Gasteiger partial charge is 0.228 e. The zero-order chi connectivity index (χ0) is 22.5. The first kappa shape index (κ1) is 20.4. The maximum Gasteiger partial charge on any atom is 0.228 e. The molecule has 0 fully saturated rings. The highest BCUT2D eigenvalue weighted by Crippen LogP contribution is 2.32. The molecule has 0 aliphatic rings. The molecule has 5 heteroatoms. The molecule has 0 atom stereocenters. The molecule has 3 heterocycles. The van der Waals surface area contributed by atoms with E-state index >= 15 is 0 Å². The molecule has 0 saturated carbocycles. The summed E-state index contributed by atoms with van der Waals surface area (Å²) in [5, 5.41) is 0. The maximum atomic E-state index is 6.02. The van der Waals surface area contributed by atoms with E-state index in [0.717, 1.165) is 56.9 Å². The SMILES string of the molecule is CCC(C)(C)c1ccc(-c2nc3cc(-c4ccc5oc(C(C)C)nc5c4)ccc3o2)cn1. The first-order valence-electron chi connectivity index (χ1n) is 11.1. The van der Waals surface area contributed by atoms with Gasteiger partial charge < -0.3 is 8.83 Å². The van der Waals surface area contributed by atoms with Crippen molar-refractivity contribution in [3.05, 3.63) is 66.3 Å². The van der Waals surface area contributed by atoms with E-state index in [4.69, 9.17) is 13.8 Å². The molecule has 32 heavy (non-hydrogen) atoms. The van der Waals surface area contributed by atoms with Gasteiger partial charge in [0.05, 0.1) is 5.56 Å². The van der Waals surface area contributed by atoms with Gasteiger partial charge in [-0.25, -0.2) is 9.97 Å². The van der Waals surface area contributed by atoms with E-state index in [1.165, 1.54) is 0 Å². The summed E-state index contributed by atoms with van der Waals surface area (Å²) in [7, 11) is 0. The standard InChI is InChI=1S/C27H27N3O2/c1-6-27(4,5)24-12-9-19(15-28-24)26-30-21-14-18(8-11-23(21)32-26)17-7-10-22-20(13-17)29-25(31-22)16(2)3/h7-16H,6H2,1-5H3. The number of nitrogens with zero attached hydrogens (tertiary/aromatic N) is 3. The molecule has 5 aromatic rings. The zero-order valence-corrected chi connectivity index (χ0v) is 19.1. The van der Waals surface area contributed by atoms with Crippen molar-refractivity contribution in [2.24, 2.45) is 0 Å². The molecule has 2 aromatic carbocycles. The van der Waals surface area contributed by atoms with Crippen LogP contribution < -0.4 is 0 Å². The number of oxazole rings is 2. The fourth-order valence-electron chi connectivity index (χ4n) is 3.70. The predicted molar refractivity (Wildman–Crippen MR) is 128 cm³/mol. The van der Waals surface area contributed by atoms with Crippen LogP contribution in [0.3, 0.4) is 0 Å². The highest BCUT2D eigenvalue weighted by molar-refractivity contribution is 5.85. The number of fused-ring (bicyclic) bond motifs is 2. The van der Waals surface area contributed by atoms with E-state index in [9.17, 15) is 0 Å². The third-order valence-electron chi connectivity index (χ3n) is 6.21. The van der Waals surface area contributed by atoms with Crippen LogP contribution in [0.5, 0.6) is 0 Å². The van der Waals surface area contributed by atoms with Crippen LogP contribution in [0.1, 0.15) is 58.5 Å². The Hall–Kier alpha value is -3.47. The number of pyridine rings is 1. The quantitative estimate of drug-likeness (QED) is 0.291. The van der Waals surface area contributed by atoms with Gasteiger partial charge in [-0.2, -0.15) is 0 Å². The molecule has 0 spiro atoms. The average molecular weight is 426 g/mol. The third-order valence-corrected chi connectivity index (χ3v) is 6.21. The van der Waals surface area contributed by atoms with Crippen LogP contribution >= 0.6 is 0 Å². The lowest BCUT2D eigenvalue weighted by molar-refractivity contribution is 0.490. The van der Waals surface area contributed by atoms with E-state index in [1.54, 1.807) is 0 Å². The zero-order valence-electron chi connectivity index (χ0n) is 19.1. The Bertz CT molecular complexity index is 1410. The van der Waals surface area contributed by atoms with Crippen molar-refractivity contribution in [1.29, 1.82) is 0 Å². The summed E-state index contributed by atoms with van der Waals surface area (Å²) in [5.74, 6) is 1.60. The van der Waals surface area contributed by atoms with Crippen molar-refractivity contribution in [3.8, 4) is 22.6 Å². The normalized spacial score (nSPS) is 12.3. The maximum absolute atomic E-state index is 6.02. The van der Waals surface area contributed by atoms with Crippen LogP contribution in [0.2, 0.25) is 0 Å². The van der Waals surface area contributed by atoms with Crippen LogP contribution in [0.4, 0.5) is 0 Å². The molecule has 0 aliphatic carbocycles. The molecule has 0 radical (unpaired) electrons. The van der Waals surface area contributed by atoms with Crippen molar-refractivity contribution in [2.75, 3.05) is 0 Å². The van der Waals surface area contributed by atoms with Gasteiger partial charge in [0.15, 0.2) is 17.1 Å². The summed E-state index contributed by atoms with van der Waals surface area (Å²) in [6, 6.07) is 16.3. The van der Waals surface area contributed by atoms with Crippen LogP contribution in [-0.2, 0) is 5.41 Å². The first-order chi connectivity index (χ1) is 15.3. The molecule has 5 nitrogen and oxygen atoms in total. The van der Waals surface area contributed by atoms with E-state index in [2.05, 4.69) is 68.9 Å². The van der Waals surface area contributed by atoms with Crippen molar-refractivity contribution < 1.29 is 8.83 Å². The highest BCUT2D eigenvalue weighted by atomic mass is 16.4. The van der Waals surface area contributed by atoms with E-state index in [0.29, 0.717) is 5.89 Å². The second-order valence-corrected chi connectivity index (χ2v) is 9.26. The van der Waals surface area contributed by atoms with Crippen LogP contribution in [0.25, 0.3) is 44.8 Å². The van der Waals surface area contributed by atoms with Gasteiger partial charge in [0, 0.05) is 23.2 Å². The summed E-state index contributed by atoms with van der Waals surface area (Å²) in [6.45, 7) is 10.7. The number of rotatable bonds is 5. The van der Waals surface area contributed by atoms with Gasteiger partial charge >= 0.3 is 0 Å². The topological polar surface area (TPSA) is 65.0 Å². The van der Waals surface area contributed by atoms with Crippen LogP contribution in [0.15, 0.2) is 63.6 Å². The Morgan fingerprint density at radius 1 is 0.812 bits per heavy atom. The second kappa shape index (κ2) is 7.59. The predicted octanol–water partition coefficient (Wildman–Crippen LogP) is 7.51. The van der Waals surface area contributed by atoms with Crippen molar-refractivity contribution in [2.45, 2.75) is 52.4 Å². The molecule has 0 saturated heterocycles. The molecule has 0 aliphatic heterocycles. The van der Waals surface area contributed by atoms with Crippen LogP contribution in [-0.4, -0.2) is 15.0 Å². The minimum absolute atomic E-state index is 0.0512. The lowest BCUT2D eigenvalue weighted by atomic mass is 9.86. The Morgan fingerprint density at radius 3 is 2.03 bits per heavy atom. The Labute approximate surface area is 187 Å². The van der Waals surface area contributed by atoms with Crippen molar-refractivity contribution in [3.63, 3.8) is 0 Å². The molecule has 0 amide bonds. The highest BCUT2D eigenvalue weighted by Gasteiger charge is 2.20. The fraction of sp³-hybridized carbons (Fsp3) is 0.296.